The molecule has 0 saturated carbocycles. The minimum atomic E-state index is -0.474. The molecular weight excluding hydrogens is 464 g/mol. The lowest BCUT2D eigenvalue weighted by Gasteiger charge is -2.12. The van der Waals surface area contributed by atoms with Gasteiger partial charge in [-0.2, -0.15) is 0 Å². The van der Waals surface area contributed by atoms with Crippen LogP contribution in [-0.4, -0.2) is 23.5 Å². The normalized spacial score (nSPS) is 10.4. The monoisotopic (exact) mass is 488 g/mol. The molecule has 0 bridgehead atoms. The first-order chi connectivity index (χ1) is 17.1. The van der Waals surface area contributed by atoms with Crippen molar-refractivity contribution in [3.05, 3.63) is 107 Å². The number of carbonyl (C=O) groups excluding carboxylic acids is 2. The van der Waals surface area contributed by atoms with Crippen LogP contribution in [0.15, 0.2) is 85.1 Å². The number of amides is 1. The van der Waals surface area contributed by atoms with Crippen molar-refractivity contribution in [2.24, 2.45) is 0 Å². The van der Waals surface area contributed by atoms with Gasteiger partial charge in [-0.05, 0) is 30.2 Å². The molecule has 3 aromatic carbocycles. The average molecular weight is 489 g/mol. The lowest BCUT2D eigenvalue weighted by Crippen LogP contribution is -2.12. The molecule has 1 amide bonds. The van der Waals surface area contributed by atoms with Crippen LogP contribution in [0.5, 0.6) is 11.5 Å². The summed E-state index contributed by atoms with van der Waals surface area (Å²) in [5.41, 5.74) is 2.35. The number of hydrogen-bond donors (Lipinski definition) is 1. The Bertz CT molecular complexity index is 1210. The van der Waals surface area contributed by atoms with Crippen LogP contribution < -0.4 is 14.8 Å². The molecule has 1 N–H and O–H groups in total. The molecule has 35 heavy (non-hydrogen) atoms. The van der Waals surface area contributed by atoms with Crippen LogP contribution in [0.3, 0.4) is 0 Å². The zero-order valence-electron chi connectivity index (χ0n) is 19.1. The number of esters is 1. The fourth-order valence-electron chi connectivity index (χ4n) is 3.15. The van der Waals surface area contributed by atoms with Gasteiger partial charge >= 0.3 is 5.97 Å². The third kappa shape index (κ3) is 6.91. The molecule has 0 saturated heterocycles. The Morgan fingerprint density at radius 1 is 0.857 bits per heavy atom. The van der Waals surface area contributed by atoms with Crippen molar-refractivity contribution >= 4 is 28.3 Å². The minimum absolute atomic E-state index is 0.264. The topological polar surface area (TPSA) is 86.8 Å². The van der Waals surface area contributed by atoms with Gasteiger partial charge in [-0.3, -0.25) is 10.1 Å². The first-order valence-electron chi connectivity index (χ1n) is 11.0. The van der Waals surface area contributed by atoms with Gasteiger partial charge < -0.3 is 14.2 Å². The second kappa shape index (κ2) is 11.8. The van der Waals surface area contributed by atoms with E-state index in [1.807, 2.05) is 60.7 Å². The van der Waals surface area contributed by atoms with Crippen LogP contribution >= 0.6 is 11.3 Å². The van der Waals surface area contributed by atoms with E-state index in [0.717, 1.165) is 22.5 Å². The SMILES string of the molecule is CCOC(=O)c1cnc(NC(=O)c2cc(OCc3ccccc3)cc(OCc3ccccc3)c2)s1. The van der Waals surface area contributed by atoms with Crippen LogP contribution in [0.4, 0.5) is 5.13 Å². The summed E-state index contributed by atoms with van der Waals surface area (Å²) < 4.78 is 16.9. The van der Waals surface area contributed by atoms with Gasteiger partial charge in [0.25, 0.3) is 5.91 Å². The number of nitrogens with one attached hydrogen (secondary N) is 1. The predicted molar refractivity (Wildman–Crippen MR) is 134 cm³/mol. The van der Waals surface area contributed by atoms with Crippen molar-refractivity contribution in [2.45, 2.75) is 20.1 Å². The molecule has 0 atom stereocenters. The zero-order chi connectivity index (χ0) is 24.5. The predicted octanol–water partition coefficient (Wildman–Crippen LogP) is 5.73. The number of rotatable bonds is 10. The Hall–Kier alpha value is -4.17. The molecule has 0 aliphatic carbocycles. The van der Waals surface area contributed by atoms with Crippen molar-refractivity contribution in [3.8, 4) is 11.5 Å². The average Bonchev–Trinajstić information content (AvgIpc) is 3.36. The van der Waals surface area contributed by atoms with E-state index in [-0.39, 0.29) is 6.61 Å². The number of ether oxygens (including phenoxy) is 3. The summed E-state index contributed by atoms with van der Waals surface area (Å²) in [5, 5.41) is 3.02. The highest BCUT2D eigenvalue weighted by Crippen LogP contribution is 2.26. The molecule has 1 heterocycles. The molecule has 4 rings (SSSR count). The summed E-state index contributed by atoms with van der Waals surface area (Å²) in [6, 6.07) is 24.5. The molecule has 4 aromatic rings. The molecule has 0 aliphatic rings. The van der Waals surface area contributed by atoms with E-state index >= 15 is 0 Å². The third-order valence-corrected chi connectivity index (χ3v) is 5.73. The summed E-state index contributed by atoms with van der Waals surface area (Å²) in [7, 11) is 0. The third-order valence-electron chi connectivity index (χ3n) is 4.84. The van der Waals surface area contributed by atoms with Crippen LogP contribution in [0.1, 0.15) is 38.1 Å². The maximum atomic E-state index is 13.0. The number of benzene rings is 3. The highest BCUT2D eigenvalue weighted by molar-refractivity contribution is 7.17. The van der Waals surface area contributed by atoms with E-state index in [2.05, 4.69) is 10.3 Å². The molecule has 0 fully saturated rings. The van der Waals surface area contributed by atoms with Gasteiger partial charge in [0.2, 0.25) is 0 Å². The second-order valence-corrected chi connectivity index (χ2v) is 8.48. The van der Waals surface area contributed by atoms with E-state index < -0.39 is 11.9 Å². The molecule has 7 nitrogen and oxygen atoms in total. The van der Waals surface area contributed by atoms with Gasteiger partial charge in [0.05, 0.1) is 12.8 Å². The van der Waals surface area contributed by atoms with Crippen molar-refractivity contribution in [2.75, 3.05) is 11.9 Å². The van der Waals surface area contributed by atoms with Gasteiger partial charge in [0.15, 0.2) is 5.13 Å². The molecule has 0 aliphatic heterocycles. The summed E-state index contributed by atoms with van der Waals surface area (Å²) >= 11 is 1.05. The van der Waals surface area contributed by atoms with E-state index in [0.29, 0.717) is 40.3 Å². The van der Waals surface area contributed by atoms with Crippen molar-refractivity contribution < 1.29 is 23.8 Å². The highest BCUT2D eigenvalue weighted by atomic mass is 32.1. The number of nitrogens with zero attached hydrogens (tertiary/aromatic N) is 1. The molecular formula is C27H24N2O5S. The molecule has 0 unspecified atom stereocenters. The minimum Gasteiger partial charge on any atom is -0.489 e. The molecule has 178 valence electrons. The number of aromatic nitrogens is 1. The summed E-state index contributed by atoms with van der Waals surface area (Å²) in [6.07, 6.45) is 1.38. The fourth-order valence-corrected chi connectivity index (χ4v) is 3.85. The maximum absolute atomic E-state index is 13.0. The standard InChI is InChI=1S/C27H24N2O5S/c1-2-32-26(31)24-16-28-27(35-24)29-25(30)21-13-22(33-17-19-9-5-3-6-10-19)15-23(14-21)34-18-20-11-7-4-8-12-20/h3-16H,2,17-18H2,1H3,(H,28,29,30). The van der Waals surface area contributed by atoms with E-state index in [1.165, 1.54) is 6.20 Å². The smallest absolute Gasteiger partial charge is 0.350 e. The quantitative estimate of drug-likeness (QED) is 0.287. The summed E-state index contributed by atoms with van der Waals surface area (Å²) in [5.74, 6) is 0.120. The maximum Gasteiger partial charge on any atom is 0.350 e. The van der Waals surface area contributed by atoms with Gasteiger partial charge in [0, 0.05) is 11.6 Å². The van der Waals surface area contributed by atoms with E-state index in [4.69, 9.17) is 14.2 Å². The largest absolute Gasteiger partial charge is 0.489 e. The molecule has 0 radical (unpaired) electrons. The zero-order valence-corrected chi connectivity index (χ0v) is 19.9. The Morgan fingerprint density at radius 3 is 1.97 bits per heavy atom. The number of anilines is 1. The van der Waals surface area contributed by atoms with Gasteiger partial charge in [-0.25, -0.2) is 9.78 Å². The Kier molecular flexibility index (Phi) is 8.08. The lowest BCUT2D eigenvalue weighted by molar-refractivity contribution is 0.0531. The van der Waals surface area contributed by atoms with Crippen LogP contribution in [0.2, 0.25) is 0 Å². The number of carbonyl (C=O) groups is 2. The fraction of sp³-hybridized carbons (Fsp3) is 0.148. The summed E-state index contributed by atoms with van der Waals surface area (Å²) in [6.45, 7) is 2.69. The van der Waals surface area contributed by atoms with Crippen molar-refractivity contribution in [1.82, 2.24) is 4.98 Å². The first kappa shape index (κ1) is 24.0. The first-order valence-corrected chi connectivity index (χ1v) is 11.8. The van der Waals surface area contributed by atoms with Crippen LogP contribution in [-0.2, 0) is 18.0 Å². The highest BCUT2D eigenvalue weighted by Gasteiger charge is 2.16. The van der Waals surface area contributed by atoms with Gasteiger partial charge in [-0.15, -0.1) is 0 Å². The Balaban J connectivity index is 1.51. The second-order valence-electron chi connectivity index (χ2n) is 7.45. The summed E-state index contributed by atoms with van der Waals surface area (Å²) in [4.78, 5) is 29.3. The van der Waals surface area contributed by atoms with Crippen molar-refractivity contribution in [3.63, 3.8) is 0 Å². The van der Waals surface area contributed by atoms with Gasteiger partial charge in [0.1, 0.15) is 29.6 Å². The van der Waals surface area contributed by atoms with Crippen LogP contribution in [0, 0.1) is 0 Å². The molecule has 8 heteroatoms. The van der Waals surface area contributed by atoms with Crippen molar-refractivity contribution in [1.29, 1.82) is 0 Å². The molecule has 1 aromatic heterocycles. The van der Waals surface area contributed by atoms with Crippen LogP contribution in [0.25, 0.3) is 0 Å². The van der Waals surface area contributed by atoms with E-state index in [1.54, 1.807) is 25.1 Å². The Morgan fingerprint density at radius 2 is 1.43 bits per heavy atom. The Labute approximate surface area is 207 Å². The van der Waals surface area contributed by atoms with Gasteiger partial charge in [-0.1, -0.05) is 72.0 Å². The number of thiazole rings is 1. The lowest BCUT2D eigenvalue weighted by atomic mass is 10.2. The number of hydrogen-bond acceptors (Lipinski definition) is 7. The van der Waals surface area contributed by atoms with E-state index in [9.17, 15) is 9.59 Å². The molecule has 0 spiro atoms.